The van der Waals surface area contributed by atoms with Crippen molar-refractivity contribution in [2.45, 2.75) is 198 Å². The fourth-order valence-electron chi connectivity index (χ4n) is 10.0. The van der Waals surface area contributed by atoms with E-state index in [4.69, 9.17) is 28.4 Å². The maximum Gasteiger partial charge on any atom is 0.311 e. The number of nitrogens with one attached hydrogen (secondary N) is 1. The van der Waals surface area contributed by atoms with Crippen molar-refractivity contribution in [1.82, 2.24) is 20.1 Å². The van der Waals surface area contributed by atoms with Crippen molar-refractivity contribution in [3.8, 4) is 0 Å². The fourth-order valence-corrected chi connectivity index (χ4v) is 10.0. The molecule has 16 nitrogen and oxygen atoms in total. The highest BCUT2D eigenvalue weighted by molar-refractivity contribution is 5.73. The third kappa shape index (κ3) is 12.9. The molecule has 3 aliphatic rings. The first-order chi connectivity index (χ1) is 29.0. The van der Waals surface area contributed by atoms with E-state index in [9.17, 15) is 30.3 Å². The normalized spacial score (nSPS) is 43.5. The number of hydrogen-bond donors (Lipinski definition) is 6. The Hall–Kier alpha value is -1.90. The summed E-state index contributed by atoms with van der Waals surface area (Å²) in [7, 11) is 5.30. The zero-order valence-electron chi connectivity index (χ0n) is 39.8. The summed E-state index contributed by atoms with van der Waals surface area (Å²) in [5, 5.41) is 63.2. The molecule has 0 unspecified atom stereocenters. The fraction of sp³-hybridized carbons (Fsp3) is 0.870. The van der Waals surface area contributed by atoms with Gasteiger partial charge in [-0.05, 0) is 125 Å². The number of hydrogen-bond acceptors (Lipinski definition) is 16. The van der Waals surface area contributed by atoms with Crippen LogP contribution in [-0.2, 0) is 39.8 Å². The molecule has 16 heteroatoms. The molecule has 1 aromatic rings. The highest BCUT2D eigenvalue weighted by Gasteiger charge is 2.53. The summed E-state index contributed by atoms with van der Waals surface area (Å²) in [4.78, 5) is 22.6. The molecular weight excluding hydrogens is 801 g/mol. The number of esters is 1. The number of aliphatic hydroxyl groups excluding tert-OH is 3. The van der Waals surface area contributed by atoms with Crippen molar-refractivity contribution in [2.24, 2.45) is 17.8 Å². The van der Waals surface area contributed by atoms with Gasteiger partial charge >= 0.3 is 5.97 Å². The van der Waals surface area contributed by atoms with Crippen LogP contribution in [0.1, 0.15) is 107 Å². The van der Waals surface area contributed by atoms with E-state index < -0.39 is 96.0 Å². The molecule has 0 bridgehead atoms. The van der Waals surface area contributed by atoms with Gasteiger partial charge in [0.15, 0.2) is 12.6 Å². The molecule has 0 amide bonds. The lowest BCUT2D eigenvalue weighted by Crippen LogP contribution is -2.60. The van der Waals surface area contributed by atoms with Crippen molar-refractivity contribution >= 4 is 5.97 Å². The van der Waals surface area contributed by atoms with Crippen LogP contribution < -0.4 is 5.32 Å². The van der Waals surface area contributed by atoms with Gasteiger partial charge in [-0.1, -0.05) is 20.8 Å². The second kappa shape index (κ2) is 22.5. The summed E-state index contributed by atoms with van der Waals surface area (Å²) >= 11 is 0. The Morgan fingerprint density at radius 3 is 2.24 bits per heavy atom. The first-order valence-corrected chi connectivity index (χ1v) is 22.8. The maximum absolute atomic E-state index is 14.5. The van der Waals surface area contributed by atoms with E-state index in [2.05, 4.69) is 15.2 Å². The number of cyclic esters (lactones) is 1. The molecule has 358 valence electrons. The molecule has 4 rings (SSSR count). The van der Waals surface area contributed by atoms with Gasteiger partial charge in [-0.15, -0.1) is 0 Å². The van der Waals surface area contributed by atoms with Crippen LogP contribution in [0.2, 0.25) is 0 Å². The molecule has 6 N–H and O–H groups in total. The second-order valence-corrected chi connectivity index (χ2v) is 19.6. The third-order valence-corrected chi connectivity index (χ3v) is 13.9. The number of likely N-dealkylation sites (N-methyl/N-ethyl adjacent to an activating group) is 1. The number of pyridine rings is 1. The molecule has 0 spiro atoms. The average Bonchev–Trinajstić information content (AvgIpc) is 3.21. The first kappa shape index (κ1) is 52.7. The number of aliphatic hydroxyl groups is 5. The lowest BCUT2D eigenvalue weighted by Gasteiger charge is -2.48. The highest BCUT2D eigenvalue weighted by atomic mass is 16.7. The lowest BCUT2D eigenvalue weighted by atomic mass is 9.77. The average molecular weight is 883 g/mol. The van der Waals surface area contributed by atoms with Crippen LogP contribution >= 0.6 is 0 Å². The summed E-state index contributed by atoms with van der Waals surface area (Å²) in [6, 6.07) is 3.05. The van der Waals surface area contributed by atoms with Crippen LogP contribution in [0.3, 0.4) is 0 Å². The van der Waals surface area contributed by atoms with Gasteiger partial charge in [0.25, 0.3) is 0 Å². The summed E-state index contributed by atoms with van der Waals surface area (Å²) in [6.07, 6.45) is -4.26. The lowest BCUT2D eigenvalue weighted by molar-refractivity contribution is -0.318. The Balaban J connectivity index is 1.76. The molecule has 18 atom stereocenters. The molecule has 0 aliphatic carbocycles. The van der Waals surface area contributed by atoms with Crippen molar-refractivity contribution in [3.05, 3.63) is 30.1 Å². The molecule has 62 heavy (non-hydrogen) atoms. The summed E-state index contributed by atoms with van der Waals surface area (Å²) in [5.41, 5.74) is -3.37. The summed E-state index contributed by atoms with van der Waals surface area (Å²) in [5.74, 6) is -2.69. The molecule has 0 radical (unpaired) electrons. The smallest absolute Gasteiger partial charge is 0.311 e. The van der Waals surface area contributed by atoms with Gasteiger partial charge in [-0.3, -0.25) is 14.7 Å². The van der Waals surface area contributed by atoms with Gasteiger partial charge in [0, 0.05) is 57.0 Å². The zero-order valence-corrected chi connectivity index (χ0v) is 39.8. The van der Waals surface area contributed by atoms with Crippen LogP contribution in [0.25, 0.3) is 0 Å². The Labute approximate surface area is 370 Å². The monoisotopic (exact) mass is 883 g/mol. The van der Waals surface area contributed by atoms with Crippen molar-refractivity contribution < 1.29 is 58.7 Å². The summed E-state index contributed by atoms with van der Waals surface area (Å²) in [6.45, 7) is 20.2. The number of rotatable bonds is 13. The Morgan fingerprint density at radius 2 is 1.63 bits per heavy atom. The minimum absolute atomic E-state index is 0.122. The van der Waals surface area contributed by atoms with E-state index in [1.807, 2.05) is 58.8 Å². The molecule has 1 aromatic heterocycles. The van der Waals surface area contributed by atoms with Crippen molar-refractivity contribution in [3.63, 3.8) is 0 Å². The maximum atomic E-state index is 14.5. The number of carbonyl (C=O) groups is 1. The molecule has 4 heterocycles. The summed E-state index contributed by atoms with van der Waals surface area (Å²) < 4.78 is 38.1. The zero-order chi connectivity index (χ0) is 46.3. The molecule has 3 saturated heterocycles. The van der Waals surface area contributed by atoms with Crippen LogP contribution in [0, 0.1) is 17.8 Å². The molecule has 3 aliphatic heterocycles. The Bertz CT molecular complexity index is 1510. The Kier molecular flexibility index (Phi) is 19.2. The van der Waals surface area contributed by atoms with Crippen molar-refractivity contribution in [1.29, 1.82) is 0 Å². The SMILES string of the molecule is CC[C@H]1OC(=O)[C@H](C)[C@@H](O[C@H]2C[C@@](C)(OC)[C@@H](O)[C@H](C)O2)[C@H](C)[C@@H](O[C@@H]2O[C@H](C)C[C@H](N(C)C)[C@H]2O)[C@](C)(O)C[C@@H](C)CN(CCCNCc2ccncc2)[C@H](C)[C@@H](O)[C@]1(C)O. The molecule has 0 saturated carbocycles. The largest absolute Gasteiger partial charge is 0.459 e. The predicted octanol–water partition coefficient (Wildman–Crippen LogP) is 2.85. The van der Waals surface area contributed by atoms with E-state index in [-0.39, 0.29) is 37.3 Å². The molecule has 3 fully saturated rings. The minimum atomic E-state index is -1.85. The van der Waals surface area contributed by atoms with E-state index in [0.717, 1.165) is 12.0 Å². The van der Waals surface area contributed by atoms with Gasteiger partial charge in [-0.2, -0.15) is 0 Å². The van der Waals surface area contributed by atoms with Crippen LogP contribution in [0.15, 0.2) is 24.5 Å². The predicted molar refractivity (Wildman–Crippen MR) is 234 cm³/mol. The quantitative estimate of drug-likeness (QED) is 0.125. The van der Waals surface area contributed by atoms with Gasteiger partial charge in [0.05, 0.1) is 41.5 Å². The van der Waals surface area contributed by atoms with E-state index in [1.165, 1.54) is 14.0 Å². The standard InChI is InChI=1S/C46H82N4O12/c1-14-35-46(10,56)39(52)31(6)50(21-15-18-48-25-33-16-19-47-20-17-33)26-27(2)23-44(8,55)41(62-43-37(51)34(49(11)12)22-28(3)58-43)29(4)38(30(5)42(54)60-35)61-36-24-45(9,57-13)40(53)32(7)59-36/h16-17,19-20,27-32,34-41,43,48,51-53,55-56H,14-15,18,21-26H2,1-13H3/t27-,28-,29+,30-,31-,32+,34+,35-,36+,37-,38+,39-,40+,41-,43+,44-,45-,46-/m1/s1. The third-order valence-electron chi connectivity index (χ3n) is 13.9. The first-order valence-electron chi connectivity index (χ1n) is 22.8. The highest BCUT2D eigenvalue weighted by Crippen LogP contribution is 2.40. The minimum Gasteiger partial charge on any atom is -0.459 e. The van der Waals surface area contributed by atoms with Gasteiger partial charge in [-0.25, -0.2) is 0 Å². The van der Waals surface area contributed by atoms with Crippen molar-refractivity contribution in [2.75, 3.05) is 40.8 Å². The number of nitrogens with zero attached hydrogens (tertiary/aromatic N) is 3. The van der Waals surface area contributed by atoms with Gasteiger partial charge < -0.3 is 64.2 Å². The van der Waals surface area contributed by atoms with E-state index >= 15 is 0 Å². The van der Waals surface area contributed by atoms with Crippen LogP contribution in [0.4, 0.5) is 0 Å². The van der Waals surface area contributed by atoms with Gasteiger partial charge in [0.2, 0.25) is 0 Å². The second-order valence-electron chi connectivity index (χ2n) is 19.6. The van der Waals surface area contributed by atoms with E-state index in [0.29, 0.717) is 32.6 Å². The Morgan fingerprint density at radius 1 is 0.968 bits per heavy atom. The van der Waals surface area contributed by atoms with Gasteiger partial charge in [0.1, 0.15) is 30.0 Å². The van der Waals surface area contributed by atoms with Crippen LogP contribution in [-0.4, -0.2) is 177 Å². The van der Waals surface area contributed by atoms with Crippen LogP contribution in [0.5, 0.6) is 0 Å². The number of methoxy groups -OCH3 is 1. The number of carbonyl (C=O) groups excluding carboxylic acids is 1. The number of aromatic nitrogens is 1. The number of ether oxygens (including phenoxy) is 6. The molecule has 0 aromatic carbocycles. The topological polar surface area (TPSA) is 205 Å². The molecular formula is C46H82N4O12. The van der Waals surface area contributed by atoms with E-state index in [1.54, 1.807) is 47.0 Å².